The van der Waals surface area contributed by atoms with Crippen LogP contribution in [0.2, 0.25) is 0 Å². The average molecular weight is 368 g/mol. The largest absolute Gasteiger partial charge is 0.429 e. The van der Waals surface area contributed by atoms with E-state index in [9.17, 15) is 13.2 Å². The predicted molar refractivity (Wildman–Crippen MR) is 98.4 cm³/mol. The molecule has 0 atom stereocenters. The highest BCUT2D eigenvalue weighted by Crippen LogP contribution is 2.42. The second-order valence-corrected chi connectivity index (χ2v) is 8.15. The topological polar surface area (TPSA) is 9.23 Å². The number of ether oxygens (including phenoxy) is 1. The molecule has 1 saturated carbocycles. The summed E-state index contributed by atoms with van der Waals surface area (Å²) in [5, 5.41) is 0. The fraction of sp³-hybridized carbons (Fsp3) is 0.727. The van der Waals surface area contributed by atoms with E-state index in [1.165, 1.54) is 57.4 Å². The van der Waals surface area contributed by atoms with Crippen molar-refractivity contribution in [2.75, 3.05) is 0 Å². The number of unbranched alkanes of at least 4 members (excludes halogenated alkanes) is 4. The van der Waals surface area contributed by atoms with E-state index >= 15 is 0 Å². The molecule has 0 saturated heterocycles. The molecule has 1 aromatic carbocycles. The first-order valence-electron chi connectivity index (χ1n) is 10.4. The molecule has 146 valence electrons. The SMILES string of the molecule is CCCCCCCC1CCC(c2cc(F)c3c(c2)CCC(F)(F)O3)CC1. The average Bonchev–Trinajstić information content (AvgIpc) is 2.62. The van der Waals surface area contributed by atoms with Gasteiger partial charge in [-0.1, -0.05) is 51.5 Å². The molecule has 4 heteroatoms. The molecule has 1 nitrogen and oxygen atoms in total. The summed E-state index contributed by atoms with van der Waals surface area (Å²) in [4.78, 5) is 0. The number of hydrogen-bond donors (Lipinski definition) is 0. The van der Waals surface area contributed by atoms with Crippen LogP contribution in [-0.4, -0.2) is 6.11 Å². The summed E-state index contributed by atoms with van der Waals surface area (Å²) >= 11 is 0. The molecule has 0 aromatic heterocycles. The molecule has 0 N–H and O–H groups in total. The van der Waals surface area contributed by atoms with Gasteiger partial charge in [0.05, 0.1) is 6.42 Å². The molecule has 0 amide bonds. The van der Waals surface area contributed by atoms with Gasteiger partial charge in [-0.05, 0) is 61.1 Å². The fourth-order valence-electron chi connectivity index (χ4n) is 4.51. The zero-order chi connectivity index (χ0) is 18.6. The quantitative estimate of drug-likeness (QED) is 0.456. The minimum Gasteiger partial charge on any atom is -0.429 e. The number of hydrogen-bond acceptors (Lipinski definition) is 1. The maximum atomic E-state index is 14.3. The summed E-state index contributed by atoms with van der Waals surface area (Å²) < 4.78 is 45.6. The molecule has 0 bridgehead atoms. The molecule has 1 aliphatic carbocycles. The molecule has 26 heavy (non-hydrogen) atoms. The summed E-state index contributed by atoms with van der Waals surface area (Å²) in [6, 6.07) is 3.33. The predicted octanol–water partition coefficient (Wildman–Crippen LogP) is 7.38. The van der Waals surface area contributed by atoms with Gasteiger partial charge in [0.2, 0.25) is 0 Å². The van der Waals surface area contributed by atoms with Gasteiger partial charge in [0.25, 0.3) is 0 Å². The van der Waals surface area contributed by atoms with Gasteiger partial charge in [-0.25, -0.2) is 4.39 Å². The highest BCUT2D eigenvalue weighted by atomic mass is 19.3. The van der Waals surface area contributed by atoms with E-state index in [1.807, 2.05) is 6.07 Å². The first-order valence-corrected chi connectivity index (χ1v) is 10.4. The minimum absolute atomic E-state index is 0.181. The summed E-state index contributed by atoms with van der Waals surface area (Å²) in [7, 11) is 0. The molecule has 1 aromatic rings. The molecule has 0 unspecified atom stereocenters. The van der Waals surface area contributed by atoms with Gasteiger partial charge in [0, 0.05) is 0 Å². The van der Waals surface area contributed by atoms with E-state index in [1.54, 1.807) is 0 Å². The van der Waals surface area contributed by atoms with Gasteiger partial charge in [-0.2, -0.15) is 8.78 Å². The summed E-state index contributed by atoms with van der Waals surface area (Å²) in [6.45, 7) is 2.24. The van der Waals surface area contributed by atoms with Crippen LogP contribution in [0.1, 0.15) is 94.6 Å². The number of rotatable bonds is 7. The lowest BCUT2D eigenvalue weighted by Gasteiger charge is -2.31. The molecule has 3 rings (SSSR count). The van der Waals surface area contributed by atoms with Crippen LogP contribution >= 0.6 is 0 Å². The highest BCUT2D eigenvalue weighted by molar-refractivity contribution is 5.41. The monoisotopic (exact) mass is 368 g/mol. The van der Waals surface area contributed by atoms with E-state index in [4.69, 9.17) is 0 Å². The molecule has 1 aliphatic heterocycles. The molecule has 2 aliphatic rings. The summed E-state index contributed by atoms with van der Waals surface area (Å²) in [5.74, 6) is 0.284. The zero-order valence-electron chi connectivity index (χ0n) is 15.8. The van der Waals surface area contributed by atoms with Crippen molar-refractivity contribution in [1.29, 1.82) is 0 Å². The Labute approximate surface area is 155 Å². The Kier molecular flexibility index (Phi) is 6.52. The highest BCUT2D eigenvalue weighted by Gasteiger charge is 2.38. The van der Waals surface area contributed by atoms with Crippen molar-refractivity contribution in [3.8, 4) is 5.75 Å². The standard InChI is InChI=1S/C22H31F3O/c1-2-3-4-5-6-7-16-8-10-17(11-9-16)19-14-18-12-13-22(24,25)26-21(18)20(23)15-19/h14-17H,2-13H2,1H3. The van der Waals surface area contributed by atoms with E-state index in [0.29, 0.717) is 11.5 Å². The van der Waals surface area contributed by atoms with Crippen LogP contribution in [0, 0.1) is 11.7 Å². The van der Waals surface area contributed by atoms with Crippen molar-refractivity contribution >= 4 is 0 Å². The van der Waals surface area contributed by atoms with Crippen molar-refractivity contribution in [3.63, 3.8) is 0 Å². The van der Waals surface area contributed by atoms with Crippen LogP contribution in [0.15, 0.2) is 12.1 Å². The number of halogens is 3. The second-order valence-electron chi connectivity index (χ2n) is 8.15. The van der Waals surface area contributed by atoms with Gasteiger partial charge in [0.1, 0.15) is 0 Å². The van der Waals surface area contributed by atoms with E-state index in [0.717, 1.165) is 24.3 Å². The van der Waals surface area contributed by atoms with Crippen molar-refractivity contribution in [1.82, 2.24) is 0 Å². The van der Waals surface area contributed by atoms with Crippen LogP contribution in [0.25, 0.3) is 0 Å². The van der Waals surface area contributed by atoms with Crippen LogP contribution in [0.5, 0.6) is 5.75 Å². The van der Waals surface area contributed by atoms with Gasteiger partial charge in [0.15, 0.2) is 11.6 Å². The molecule has 1 heterocycles. The summed E-state index contributed by atoms with van der Waals surface area (Å²) in [5.41, 5.74) is 1.57. The number of aryl methyl sites for hydroxylation is 1. The molecule has 0 radical (unpaired) electrons. The maximum Gasteiger partial charge on any atom is 0.398 e. The van der Waals surface area contributed by atoms with Crippen molar-refractivity contribution in [2.24, 2.45) is 5.92 Å². The van der Waals surface area contributed by atoms with Gasteiger partial charge in [-0.3, -0.25) is 0 Å². The number of alkyl halides is 2. The Balaban J connectivity index is 1.53. The first kappa shape index (κ1) is 19.6. The van der Waals surface area contributed by atoms with Crippen molar-refractivity contribution < 1.29 is 17.9 Å². The van der Waals surface area contributed by atoms with Gasteiger partial charge in [-0.15, -0.1) is 0 Å². The van der Waals surface area contributed by atoms with E-state index < -0.39 is 11.9 Å². The Bertz CT molecular complexity index is 591. The molecule has 1 fully saturated rings. The summed E-state index contributed by atoms with van der Waals surface area (Å²) in [6.07, 6.45) is 9.08. The lowest BCUT2D eigenvalue weighted by molar-refractivity contribution is -0.188. The maximum absolute atomic E-state index is 14.3. The second kappa shape index (κ2) is 8.67. The van der Waals surface area contributed by atoms with Crippen molar-refractivity contribution in [2.45, 2.75) is 96.0 Å². The Morgan fingerprint density at radius 1 is 1.04 bits per heavy atom. The molecule has 0 spiro atoms. The first-order chi connectivity index (χ1) is 12.5. The normalized spacial score (nSPS) is 24.8. The zero-order valence-corrected chi connectivity index (χ0v) is 15.8. The van der Waals surface area contributed by atoms with Gasteiger partial charge >= 0.3 is 6.11 Å². The minimum atomic E-state index is -3.25. The number of fused-ring (bicyclic) bond motifs is 1. The van der Waals surface area contributed by atoms with E-state index in [-0.39, 0.29) is 18.6 Å². The third-order valence-electron chi connectivity index (χ3n) is 6.11. The van der Waals surface area contributed by atoms with Crippen LogP contribution in [0.4, 0.5) is 13.2 Å². The lowest BCUT2D eigenvalue weighted by atomic mass is 9.76. The van der Waals surface area contributed by atoms with Crippen LogP contribution in [0.3, 0.4) is 0 Å². The van der Waals surface area contributed by atoms with Crippen molar-refractivity contribution in [3.05, 3.63) is 29.1 Å². The number of benzene rings is 1. The Hall–Kier alpha value is -1.19. The smallest absolute Gasteiger partial charge is 0.398 e. The molecular formula is C22H31F3O. The Morgan fingerprint density at radius 2 is 1.77 bits per heavy atom. The van der Waals surface area contributed by atoms with Gasteiger partial charge < -0.3 is 4.74 Å². The molecular weight excluding hydrogens is 337 g/mol. The van der Waals surface area contributed by atoms with Crippen LogP contribution < -0.4 is 4.74 Å². The third kappa shape index (κ3) is 4.95. The van der Waals surface area contributed by atoms with Crippen LogP contribution in [-0.2, 0) is 6.42 Å². The Morgan fingerprint density at radius 3 is 2.50 bits per heavy atom. The third-order valence-corrected chi connectivity index (χ3v) is 6.11. The fourth-order valence-corrected chi connectivity index (χ4v) is 4.51. The van der Waals surface area contributed by atoms with E-state index in [2.05, 4.69) is 11.7 Å². The lowest BCUT2D eigenvalue weighted by Crippen LogP contribution is -2.30.